The number of aliphatic carboxylic acids is 2. The molecule has 28 heavy (non-hydrogen) atoms. The third-order valence-corrected chi connectivity index (χ3v) is 4.27. The first kappa shape index (κ1) is 21.1. The SMILES string of the molecule is O=C(O)CCC(=O)NC(Cc1ccc(-c2ccccc2)cc1)C[C@@H](O)C(=O)O. The molecule has 1 amide bonds. The molecule has 4 N–H and O–H groups in total. The largest absolute Gasteiger partial charge is 0.481 e. The lowest BCUT2D eigenvalue weighted by Crippen LogP contribution is -2.40. The summed E-state index contributed by atoms with van der Waals surface area (Å²) in [5, 5.41) is 29.9. The van der Waals surface area contributed by atoms with Crippen molar-refractivity contribution in [2.24, 2.45) is 0 Å². The predicted molar refractivity (Wildman–Crippen MR) is 103 cm³/mol. The van der Waals surface area contributed by atoms with Gasteiger partial charge >= 0.3 is 11.9 Å². The van der Waals surface area contributed by atoms with Crippen LogP contribution in [0, 0.1) is 0 Å². The number of carbonyl (C=O) groups excluding carboxylic acids is 1. The maximum atomic E-state index is 11.9. The Morgan fingerprint density at radius 2 is 1.46 bits per heavy atom. The minimum atomic E-state index is -1.62. The Morgan fingerprint density at radius 3 is 2.04 bits per heavy atom. The predicted octanol–water partition coefficient (Wildman–Crippen LogP) is 2.08. The molecule has 0 spiro atoms. The number of hydrogen-bond acceptors (Lipinski definition) is 4. The second kappa shape index (κ2) is 10.2. The number of amides is 1. The molecule has 0 fully saturated rings. The van der Waals surface area contributed by atoms with E-state index >= 15 is 0 Å². The zero-order valence-electron chi connectivity index (χ0n) is 15.2. The van der Waals surface area contributed by atoms with Gasteiger partial charge in [0.15, 0.2) is 6.10 Å². The minimum absolute atomic E-state index is 0.172. The summed E-state index contributed by atoms with van der Waals surface area (Å²) in [4.78, 5) is 33.5. The monoisotopic (exact) mass is 385 g/mol. The fourth-order valence-electron chi connectivity index (χ4n) is 2.83. The van der Waals surface area contributed by atoms with Crippen LogP contribution in [0.25, 0.3) is 11.1 Å². The van der Waals surface area contributed by atoms with Gasteiger partial charge in [-0.2, -0.15) is 0 Å². The van der Waals surface area contributed by atoms with Gasteiger partial charge in [-0.25, -0.2) is 4.79 Å². The van der Waals surface area contributed by atoms with Crippen LogP contribution in [-0.4, -0.2) is 45.3 Å². The molecule has 2 aromatic rings. The number of benzene rings is 2. The van der Waals surface area contributed by atoms with Crippen molar-refractivity contribution in [1.82, 2.24) is 5.32 Å². The lowest BCUT2D eigenvalue weighted by molar-refractivity contribution is -0.147. The molecule has 7 nitrogen and oxygen atoms in total. The van der Waals surface area contributed by atoms with Crippen LogP contribution in [0.1, 0.15) is 24.8 Å². The van der Waals surface area contributed by atoms with Gasteiger partial charge in [-0.3, -0.25) is 9.59 Å². The summed E-state index contributed by atoms with van der Waals surface area (Å²) in [6.45, 7) is 0. The molecule has 2 aromatic carbocycles. The zero-order valence-corrected chi connectivity index (χ0v) is 15.2. The average Bonchev–Trinajstić information content (AvgIpc) is 2.67. The van der Waals surface area contributed by atoms with E-state index in [1.807, 2.05) is 54.6 Å². The number of aliphatic hydroxyl groups excluding tert-OH is 1. The van der Waals surface area contributed by atoms with Crippen molar-refractivity contribution >= 4 is 17.8 Å². The summed E-state index contributed by atoms with van der Waals surface area (Å²) in [6.07, 6.45) is -1.99. The number of carboxylic acids is 2. The van der Waals surface area contributed by atoms with Crippen LogP contribution in [0.3, 0.4) is 0 Å². The molecule has 0 saturated carbocycles. The van der Waals surface area contributed by atoms with Gasteiger partial charge in [-0.1, -0.05) is 54.6 Å². The second-order valence-electron chi connectivity index (χ2n) is 6.51. The van der Waals surface area contributed by atoms with Crippen molar-refractivity contribution in [2.75, 3.05) is 0 Å². The van der Waals surface area contributed by atoms with Crippen LogP contribution in [-0.2, 0) is 20.8 Å². The standard InChI is InChI=1S/C21H23NO6/c23-18(21(27)28)13-17(22-19(24)10-11-20(25)26)12-14-6-8-16(9-7-14)15-4-2-1-3-5-15/h1-9,17-18,23H,10-13H2,(H,22,24)(H,25,26)(H,27,28)/t17?,18-/m1/s1. The van der Waals surface area contributed by atoms with E-state index in [0.29, 0.717) is 6.42 Å². The molecular formula is C21H23NO6. The molecule has 0 aliphatic rings. The van der Waals surface area contributed by atoms with Gasteiger partial charge in [0, 0.05) is 18.9 Å². The van der Waals surface area contributed by atoms with Gasteiger partial charge in [0.25, 0.3) is 0 Å². The molecule has 0 heterocycles. The normalized spacial score (nSPS) is 12.8. The fourth-order valence-corrected chi connectivity index (χ4v) is 2.83. The van der Waals surface area contributed by atoms with E-state index in [2.05, 4.69) is 5.32 Å². The van der Waals surface area contributed by atoms with Crippen molar-refractivity contribution in [3.8, 4) is 11.1 Å². The van der Waals surface area contributed by atoms with Crippen LogP contribution < -0.4 is 5.32 Å². The summed E-state index contributed by atoms with van der Waals surface area (Å²) >= 11 is 0. The molecule has 148 valence electrons. The van der Waals surface area contributed by atoms with E-state index in [1.165, 1.54) is 0 Å². The zero-order chi connectivity index (χ0) is 20.5. The van der Waals surface area contributed by atoms with E-state index in [1.54, 1.807) is 0 Å². The van der Waals surface area contributed by atoms with Crippen molar-refractivity contribution in [1.29, 1.82) is 0 Å². The highest BCUT2D eigenvalue weighted by molar-refractivity contribution is 5.81. The average molecular weight is 385 g/mol. The third-order valence-electron chi connectivity index (χ3n) is 4.27. The Morgan fingerprint density at radius 1 is 0.857 bits per heavy atom. The maximum absolute atomic E-state index is 11.9. The Kier molecular flexibility index (Phi) is 7.71. The number of carboxylic acid groups (broad SMARTS) is 2. The molecule has 0 aliphatic heterocycles. The maximum Gasteiger partial charge on any atom is 0.332 e. The molecule has 0 radical (unpaired) electrons. The minimum Gasteiger partial charge on any atom is -0.481 e. The lowest BCUT2D eigenvalue weighted by atomic mass is 9.97. The molecule has 0 aliphatic carbocycles. The summed E-state index contributed by atoms with van der Waals surface area (Å²) in [7, 11) is 0. The highest BCUT2D eigenvalue weighted by Crippen LogP contribution is 2.20. The first-order chi connectivity index (χ1) is 13.3. The van der Waals surface area contributed by atoms with Crippen molar-refractivity contribution in [3.63, 3.8) is 0 Å². The number of rotatable bonds is 10. The highest BCUT2D eigenvalue weighted by Gasteiger charge is 2.22. The molecule has 0 saturated heterocycles. The van der Waals surface area contributed by atoms with Crippen LogP contribution in [0.2, 0.25) is 0 Å². The van der Waals surface area contributed by atoms with Crippen LogP contribution >= 0.6 is 0 Å². The van der Waals surface area contributed by atoms with E-state index in [0.717, 1.165) is 16.7 Å². The summed E-state index contributed by atoms with van der Waals surface area (Å²) in [6, 6.07) is 16.8. The number of hydrogen-bond donors (Lipinski definition) is 4. The van der Waals surface area contributed by atoms with Crippen molar-refractivity contribution in [3.05, 3.63) is 60.2 Å². The highest BCUT2D eigenvalue weighted by atomic mass is 16.4. The van der Waals surface area contributed by atoms with E-state index in [9.17, 15) is 19.5 Å². The topological polar surface area (TPSA) is 124 Å². The smallest absolute Gasteiger partial charge is 0.332 e. The van der Waals surface area contributed by atoms with Gasteiger partial charge < -0.3 is 20.6 Å². The van der Waals surface area contributed by atoms with Crippen molar-refractivity contribution in [2.45, 2.75) is 37.8 Å². The van der Waals surface area contributed by atoms with Gasteiger partial charge in [0.2, 0.25) is 5.91 Å². The van der Waals surface area contributed by atoms with E-state index in [4.69, 9.17) is 10.2 Å². The molecular weight excluding hydrogens is 362 g/mol. The van der Waals surface area contributed by atoms with Gasteiger partial charge in [-0.15, -0.1) is 0 Å². The Hall–Kier alpha value is -3.19. The molecule has 0 aromatic heterocycles. The van der Waals surface area contributed by atoms with Crippen LogP contribution in [0.5, 0.6) is 0 Å². The van der Waals surface area contributed by atoms with Crippen LogP contribution in [0.4, 0.5) is 0 Å². The quantitative estimate of drug-likeness (QED) is 0.496. The number of nitrogens with one attached hydrogen (secondary N) is 1. The van der Waals surface area contributed by atoms with E-state index in [-0.39, 0.29) is 19.3 Å². The van der Waals surface area contributed by atoms with Gasteiger partial charge in [0.1, 0.15) is 0 Å². The molecule has 7 heteroatoms. The van der Waals surface area contributed by atoms with Crippen LogP contribution in [0.15, 0.2) is 54.6 Å². The molecule has 2 atom stereocenters. The second-order valence-corrected chi connectivity index (χ2v) is 6.51. The Labute approximate surface area is 162 Å². The Balaban J connectivity index is 2.06. The van der Waals surface area contributed by atoms with E-state index < -0.39 is 30.0 Å². The lowest BCUT2D eigenvalue weighted by Gasteiger charge is -2.20. The fraction of sp³-hybridized carbons (Fsp3) is 0.286. The first-order valence-electron chi connectivity index (χ1n) is 8.91. The van der Waals surface area contributed by atoms with Crippen molar-refractivity contribution < 1.29 is 29.7 Å². The molecule has 0 bridgehead atoms. The number of carbonyl (C=O) groups is 3. The molecule has 2 rings (SSSR count). The first-order valence-corrected chi connectivity index (χ1v) is 8.91. The summed E-state index contributed by atoms with van der Waals surface area (Å²) in [5.41, 5.74) is 2.95. The number of aliphatic hydroxyl groups is 1. The molecule has 1 unspecified atom stereocenters. The summed E-state index contributed by atoms with van der Waals surface area (Å²) in [5.74, 6) is -2.95. The Bertz CT molecular complexity index is 803. The van der Waals surface area contributed by atoms with Gasteiger partial charge in [-0.05, 0) is 23.1 Å². The summed E-state index contributed by atoms with van der Waals surface area (Å²) < 4.78 is 0. The van der Waals surface area contributed by atoms with Gasteiger partial charge in [0.05, 0.1) is 6.42 Å². The third kappa shape index (κ3) is 6.85.